The number of nitrogens with one attached hydrogen (secondary N) is 5. The average Bonchev–Trinajstić information content (AvgIpc) is 3.51. The van der Waals surface area contributed by atoms with E-state index < -0.39 is 23.8 Å². The summed E-state index contributed by atoms with van der Waals surface area (Å²) in [6.07, 6.45) is 3.57. The van der Waals surface area contributed by atoms with Crippen LogP contribution in [0.5, 0.6) is 0 Å². The number of hydrogen-bond donors (Lipinski definition) is 5. The zero-order valence-corrected chi connectivity index (χ0v) is 19.7. The van der Waals surface area contributed by atoms with E-state index in [9.17, 15) is 14.4 Å². The van der Waals surface area contributed by atoms with Crippen LogP contribution < -0.4 is 16.2 Å². The molecule has 9 heteroatoms. The van der Waals surface area contributed by atoms with Gasteiger partial charge in [0.25, 0.3) is 17.7 Å². The molecule has 0 radical (unpaired) electrons. The zero-order chi connectivity index (χ0) is 25.1. The first-order chi connectivity index (χ1) is 17.5. The number of rotatable bonds is 6. The first kappa shape index (κ1) is 23.2. The summed E-state index contributed by atoms with van der Waals surface area (Å²) in [5.74, 6) is -1.55. The number of benzene rings is 3. The predicted molar refractivity (Wildman–Crippen MR) is 139 cm³/mol. The summed E-state index contributed by atoms with van der Waals surface area (Å²) in [6, 6.07) is 20.6. The topological polar surface area (TPSA) is 119 Å². The molecule has 0 spiro atoms. The van der Waals surface area contributed by atoms with Crippen molar-refractivity contribution in [2.75, 3.05) is 0 Å². The number of halogens is 1. The number of hydrazine groups is 1. The Hall–Kier alpha value is -4.56. The summed E-state index contributed by atoms with van der Waals surface area (Å²) in [5, 5.41) is 4.69. The molecule has 0 saturated carbocycles. The van der Waals surface area contributed by atoms with Crippen molar-refractivity contribution < 1.29 is 14.4 Å². The van der Waals surface area contributed by atoms with Crippen molar-refractivity contribution in [1.29, 1.82) is 0 Å². The van der Waals surface area contributed by atoms with E-state index in [0.29, 0.717) is 5.56 Å². The number of amides is 3. The number of hydrogen-bond acceptors (Lipinski definition) is 3. The summed E-state index contributed by atoms with van der Waals surface area (Å²) in [5.41, 5.74) is 8.11. The average molecular weight is 500 g/mol. The van der Waals surface area contributed by atoms with Gasteiger partial charge in [0, 0.05) is 40.6 Å². The van der Waals surface area contributed by atoms with Crippen LogP contribution in [0, 0.1) is 0 Å². The predicted octanol–water partition coefficient (Wildman–Crippen LogP) is 4.10. The highest BCUT2D eigenvalue weighted by Gasteiger charge is 2.25. The van der Waals surface area contributed by atoms with Crippen molar-refractivity contribution in [3.8, 4) is 0 Å². The lowest BCUT2D eigenvalue weighted by Gasteiger charge is -2.19. The van der Waals surface area contributed by atoms with Gasteiger partial charge in [0.05, 0.1) is 16.1 Å². The van der Waals surface area contributed by atoms with E-state index in [1.165, 1.54) is 0 Å². The Bertz CT molecular complexity index is 1590. The first-order valence-corrected chi connectivity index (χ1v) is 11.7. The molecule has 1 atom stereocenters. The van der Waals surface area contributed by atoms with Crippen LogP contribution in [0.4, 0.5) is 0 Å². The molecule has 3 aromatic carbocycles. The van der Waals surface area contributed by atoms with Gasteiger partial charge < -0.3 is 15.3 Å². The lowest BCUT2D eigenvalue weighted by molar-refractivity contribution is -0.123. The second-order valence-corrected chi connectivity index (χ2v) is 8.67. The maximum atomic E-state index is 13.2. The number of para-hydroxylation sites is 2. The molecule has 0 aliphatic heterocycles. The standard InChI is InChI=1S/C27H22ClN5O3/c28-21-10-4-1-9-19(21)25(34)31-24(13-16-14-29-22-11-5-2-7-17(16)22)27(36)33-32-26(35)20-15-30-23-12-6-3-8-18(20)23/h1-12,14-15,24,29-30H,13H2,(H,31,34)(H,32,35)(H,33,36)/t24-/m0/s1. The molecule has 0 saturated heterocycles. The van der Waals surface area contributed by atoms with Crippen molar-refractivity contribution >= 4 is 51.1 Å². The Kier molecular flexibility index (Phi) is 6.42. The molecule has 0 aliphatic rings. The second kappa shape index (κ2) is 9.97. The van der Waals surface area contributed by atoms with E-state index in [2.05, 4.69) is 26.1 Å². The quantitative estimate of drug-likeness (QED) is 0.226. The van der Waals surface area contributed by atoms with E-state index in [4.69, 9.17) is 11.6 Å². The van der Waals surface area contributed by atoms with Gasteiger partial charge in [-0.25, -0.2) is 0 Å². The Balaban J connectivity index is 1.36. The van der Waals surface area contributed by atoms with Crippen LogP contribution in [0.3, 0.4) is 0 Å². The summed E-state index contributed by atoms with van der Waals surface area (Å²) >= 11 is 6.18. The number of carbonyl (C=O) groups excluding carboxylic acids is 3. The van der Waals surface area contributed by atoms with E-state index in [0.717, 1.165) is 27.4 Å². The van der Waals surface area contributed by atoms with Crippen molar-refractivity contribution in [3.05, 3.63) is 107 Å². The van der Waals surface area contributed by atoms with Crippen LogP contribution in [0.1, 0.15) is 26.3 Å². The van der Waals surface area contributed by atoms with Gasteiger partial charge >= 0.3 is 0 Å². The fraction of sp³-hybridized carbons (Fsp3) is 0.0741. The fourth-order valence-electron chi connectivity index (χ4n) is 4.14. The van der Waals surface area contributed by atoms with Crippen LogP contribution >= 0.6 is 11.6 Å². The molecule has 0 fully saturated rings. The highest BCUT2D eigenvalue weighted by molar-refractivity contribution is 6.33. The molecule has 2 aromatic heterocycles. The van der Waals surface area contributed by atoms with Crippen LogP contribution in [0.2, 0.25) is 5.02 Å². The maximum absolute atomic E-state index is 13.2. The minimum atomic E-state index is -0.990. The molecule has 0 aliphatic carbocycles. The highest BCUT2D eigenvalue weighted by Crippen LogP contribution is 2.20. The third-order valence-corrected chi connectivity index (χ3v) is 6.30. The zero-order valence-electron chi connectivity index (χ0n) is 19.0. The molecule has 0 bridgehead atoms. The Morgan fingerprint density at radius 2 is 1.36 bits per heavy atom. The number of aromatic nitrogens is 2. The summed E-state index contributed by atoms with van der Waals surface area (Å²) in [4.78, 5) is 45.1. The Morgan fingerprint density at radius 3 is 2.14 bits per heavy atom. The van der Waals surface area contributed by atoms with E-state index in [1.807, 2.05) is 48.5 Å². The third kappa shape index (κ3) is 4.67. The molecule has 8 nitrogen and oxygen atoms in total. The van der Waals surface area contributed by atoms with Gasteiger partial charge in [0.15, 0.2) is 0 Å². The molecule has 5 N–H and O–H groups in total. The molecule has 2 heterocycles. The molecule has 5 rings (SSSR count). The SMILES string of the molecule is O=C(N[C@@H](Cc1c[nH]c2ccccc12)C(=O)NNC(=O)c1c[nH]c2ccccc12)c1ccccc1Cl. The lowest BCUT2D eigenvalue weighted by atomic mass is 10.0. The summed E-state index contributed by atoms with van der Waals surface area (Å²) in [7, 11) is 0. The van der Waals surface area contributed by atoms with Gasteiger partial charge in [-0.3, -0.25) is 25.2 Å². The van der Waals surface area contributed by atoms with E-state index in [-0.39, 0.29) is 17.0 Å². The highest BCUT2D eigenvalue weighted by atomic mass is 35.5. The number of carbonyl (C=O) groups is 3. The fourth-order valence-corrected chi connectivity index (χ4v) is 4.36. The van der Waals surface area contributed by atoms with Crippen molar-refractivity contribution in [2.24, 2.45) is 0 Å². The van der Waals surface area contributed by atoms with Crippen molar-refractivity contribution in [2.45, 2.75) is 12.5 Å². The number of fused-ring (bicyclic) bond motifs is 2. The largest absolute Gasteiger partial charge is 0.361 e. The smallest absolute Gasteiger partial charge is 0.271 e. The van der Waals surface area contributed by atoms with Gasteiger partial charge in [-0.05, 0) is 29.8 Å². The molecule has 36 heavy (non-hydrogen) atoms. The van der Waals surface area contributed by atoms with Crippen LogP contribution in [-0.4, -0.2) is 33.7 Å². The van der Waals surface area contributed by atoms with Gasteiger partial charge in [-0.2, -0.15) is 0 Å². The monoisotopic (exact) mass is 499 g/mol. The summed E-state index contributed by atoms with van der Waals surface area (Å²) in [6.45, 7) is 0. The molecule has 180 valence electrons. The first-order valence-electron chi connectivity index (χ1n) is 11.3. The maximum Gasteiger partial charge on any atom is 0.271 e. The van der Waals surface area contributed by atoms with E-state index >= 15 is 0 Å². The molecule has 5 aromatic rings. The van der Waals surface area contributed by atoms with Gasteiger partial charge in [0.1, 0.15) is 6.04 Å². The molecule has 3 amide bonds. The molecular formula is C27H22ClN5O3. The minimum absolute atomic E-state index is 0.189. The third-order valence-electron chi connectivity index (χ3n) is 5.97. The molecule has 0 unspecified atom stereocenters. The lowest BCUT2D eigenvalue weighted by Crippen LogP contribution is -2.53. The van der Waals surface area contributed by atoms with Crippen molar-refractivity contribution in [1.82, 2.24) is 26.1 Å². The number of H-pyrrole nitrogens is 2. The van der Waals surface area contributed by atoms with E-state index in [1.54, 1.807) is 36.7 Å². The summed E-state index contributed by atoms with van der Waals surface area (Å²) < 4.78 is 0. The second-order valence-electron chi connectivity index (χ2n) is 8.26. The van der Waals surface area contributed by atoms with Gasteiger partial charge in [-0.15, -0.1) is 0 Å². The van der Waals surface area contributed by atoms with Crippen LogP contribution in [0.25, 0.3) is 21.8 Å². The normalized spacial score (nSPS) is 11.8. The number of aromatic amines is 2. The van der Waals surface area contributed by atoms with Gasteiger partial charge in [0.2, 0.25) is 0 Å². The molecular weight excluding hydrogens is 478 g/mol. The minimum Gasteiger partial charge on any atom is -0.361 e. The van der Waals surface area contributed by atoms with Gasteiger partial charge in [-0.1, -0.05) is 60.1 Å². The van der Waals surface area contributed by atoms with Crippen LogP contribution in [-0.2, 0) is 11.2 Å². The van der Waals surface area contributed by atoms with Crippen LogP contribution in [0.15, 0.2) is 85.2 Å². The van der Waals surface area contributed by atoms with Crippen molar-refractivity contribution in [3.63, 3.8) is 0 Å². The Labute approximate surface area is 211 Å². The Morgan fingerprint density at radius 1 is 0.722 bits per heavy atom.